The molecule has 0 aliphatic heterocycles. The minimum Gasteiger partial charge on any atom is -0.481 e. The van der Waals surface area contributed by atoms with Gasteiger partial charge in [-0.3, -0.25) is 14.5 Å². The Hall–Kier alpha value is -2.94. The van der Waals surface area contributed by atoms with Crippen molar-refractivity contribution in [3.63, 3.8) is 0 Å². The van der Waals surface area contributed by atoms with Gasteiger partial charge in [-0.1, -0.05) is 18.2 Å². The van der Waals surface area contributed by atoms with E-state index in [2.05, 4.69) is 15.9 Å². The zero-order valence-corrected chi connectivity index (χ0v) is 17.2. The van der Waals surface area contributed by atoms with E-state index in [-0.39, 0.29) is 18.9 Å². The van der Waals surface area contributed by atoms with E-state index in [4.69, 9.17) is 14.2 Å². The van der Waals surface area contributed by atoms with Gasteiger partial charge in [0, 0.05) is 5.69 Å². The molecule has 1 amide bonds. The lowest BCUT2D eigenvalue weighted by molar-refractivity contribution is -0.150. The first kappa shape index (κ1) is 22.4. The molecule has 0 N–H and O–H groups in total. The summed E-state index contributed by atoms with van der Waals surface area (Å²) in [6.45, 7) is 0.476. The summed E-state index contributed by atoms with van der Waals surface area (Å²) in [5.74, 6) is -2.18. The summed E-state index contributed by atoms with van der Waals surface area (Å²) in [6.07, 6.45) is 0. The van der Waals surface area contributed by atoms with Crippen LogP contribution in [0, 0.1) is 5.82 Å². The van der Waals surface area contributed by atoms with Crippen LogP contribution in [0.1, 0.15) is 6.92 Å². The van der Waals surface area contributed by atoms with E-state index < -0.39 is 36.9 Å². The maximum absolute atomic E-state index is 13.1. The Morgan fingerprint density at radius 2 is 1.72 bits per heavy atom. The highest BCUT2D eigenvalue weighted by atomic mass is 79.9. The Bertz CT molecular complexity index is 861. The van der Waals surface area contributed by atoms with Crippen molar-refractivity contribution in [2.75, 3.05) is 31.3 Å². The Balaban J connectivity index is 1.92. The van der Waals surface area contributed by atoms with Gasteiger partial charge in [0.05, 0.1) is 11.1 Å². The minimum absolute atomic E-state index is 0.181. The maximum Gasteiger partial charge on any atom is 0.344 e. The third kappa shape index (κ3) is 7.19. The topological polar surface area (TPSA) is 82.1 Å². The number of benzene rings is 2. The average Bonchev–Trinajstić information content (AvgIpc) is 2.70. The van der Waals surface area contributed by atoms with E-state index >= 15 is 0 Å². The Kier molecular flexibility index (Phi) is 8.60. The van der Waals surface area contributed by atoms with E-state index in [1.807, 2.05) is 0 Å². The highest BCUT2D eigenvalue weighted by molar-refractivity contribution is 9.10. The summed E-state index contributed by atoms with van der Waals surface area (Å²) >= 11 is 3.12. The normalized spacial score (nSPS) is 10.2. The molecule has 9 heteroatoms. The third-order valence-electron chi connectivity index (χ3n) is 3.56. The molecular weight excluding hydrogens is 449 g/mol. The Morgan fingerprint density at radius 3 is 2.38 bits per heavy atom. The quantitative estimate of drug-likeness (QED) is 0.527. The molecule has 0 radical (unpaired) electrons. The summed E-state index contributed by atoms with van der Waals surface area (Å²) in [7, 11) is 0. The van der Waals surface area contributed by atoms with E-state index in [0.717, 1.165) is 0 Å². The van der Waals surface area contributed by atoms with Crippen LogP contribution in [0.5, 0.6) is 5.75 Å². The van der Waals surface area contributed by atoms with Gasteiger partial charge in [0.1, 0.15) is 18.1 Å². The molecule has 0 unspecified atom stereocenters. The number of anilines is 1. The second-order valence-corrected chi connectivity index (χ2v) is 6.50. The number of esters is 2. The van der Waals surface area contributed by atoms with E-state index in [9.17, 15) is 18.8 Å². The monoisotopic (exact) mass is 467 g/mol. The molecule has 2 aromatic carbocycles. The zero-order chi connectivity index (χ0) is 21.2. The number of carbonyl (C=O) groups excluding carboxylic acids is 3. The number of ether oxygens (including phenoxy) is 3. The van der Waals surface area contributed by atoms with Gasteiger partial charge >= 0.3 is 11.9 Å². The van der Waals surface area contributed by atoms with Crippen molar-refractivity contribution in [3.8, 4) is 5.75 Å². The Labute approximate surface area is 175 Å². The van der Waals surface area contributed by atoms with Crippen molar-refractivity contribution in [3.05, 3.63) is 58.8 Å². The molecule has 0 saturated carbocycles. The molecular formula is C20H19BrFNO6. The van der Waals surface area contributed by atoms with Crippen LogP contribution in [0.15, 0.2) is 53.0 Å². The van der Waals surface area contributed by atoms with Crippen LogP contribution in [0.2, 0.25) is 0 Å². The maximum atomic E-state index is 13.1. The van der Waals surface area contributed by atoms with Gasteiger partial charge in [0.2, 0.25) is 0 Å². The average molecular weight is 468 g/mol. The molecule has 0 bridgehead atoms. The lowest BCUT2D eigenvalue weighted by atomic mass is 10.3. The number of para-hydroxylation sites is 1. The van der Waals surface area contributed by atoms with Crippen molar-refractivity contribution in [1.29, 1.82) is 0 Å². The first-order chi connectivity index (χ1) is 13.9. The molecule has 0 fully saturated rings. The molecule has 0 saturated heterocycles. The van der Waals surface area contributed by atoms with Crippen LogP contribution in [0.3, 0.4) is 0 Å². The van der Waals surface area contributed by atoms with Gasteiger partial charge in [-0.15, -0.1) is 0 Å². The summed E-state index contributed by atoms with van der Waals surface area (Å²) in [6, 6.07) is 12.2. The van der Waals surface area contributed by atoms with Crippen molar-refractivity contribution in [2.45, 2.75) is 6.92 Å². The highest BCUT2D eigenvalue weighted by Gasteiger charge is 2.21. The molecule has 154 valence electrons. The fraction of sp³-hybridized carbons (Fsp3) is 0.250. The van der Waals surface area contributed by atoms with Crippen molar-refractivity contribution in [1.82, 2.24) is 0 Å². The van der Waals surface area contributed by atoms with Gasteiger partial charge in [-0.2, -0.15) is 0 Å². The smallest absolute Gasteiger partial charge is 0.344 e. The van der Waals surface area contributed by atoms with Crippen LogP contribution in [0.25, 0.3) is 0 Å². The van der Waals surface area contributed by atoms with Crippen molar-refractivity contribution >= 4 is 39.5 Å². The van der Waals surface area contributed by atoms with Crippen LogP contribution in [-0.2, 0) is 23.9 Å². The number of hydrogen-bond donors (Lipinski definition) is 0. The molecule has 0 aliphatic carbocycles. The van der Waals surface area contributed by atoms with E-state index in [1.165, 1.54) is 23.1 Å². The summed E-state index contributed by atoms with van der Waals surface area (Å²) in [5, 5.41) is 0. The number of carbonyl (C=O) groups is 3. The lowest BCUT2D eigenvalue weighted by Gasteiger charge is -2.21. The van der Waals surface area contributed by atoms with Crippen LogP contribution in [0.4, 0.5) is 10.1 Å². The number of rotatable bonds is 9. The number of halogens is 2. The van der Waals surface area contributed by atoms with Gasteiger partial charge < -0.3 is 14.2 Å². The van der Waals surface area contributed by atoms with Gasteiger partial charge in [-0.05, 0) is 53.2 Å². The molecule has 0 atom stereocenters. The van der Waals surface area contributed by atoms with Crippen molar-refractivity contribution < 1.29 is 33.0 Å². The van der Waals surface area contributed by atoms with E-state index in [0.29, 0.717) is 10.2 Å². The third-order valence-corrected chi connectivity index (χ3v) is 4.18. The predicted molar refractivity (Wildman–Crippen MR) is 106 cm³/mol. The minimum atomic E-state index is -0.793. The Morgan fingerprint density at radius 1 is 1.00 bits per heavy atom. The summed E-state index contributed by atoms with van der Waals surface area (Å²) in [4.78, 5) is 37.4. The number of nitrogens with zero attached hydrogens (tertiary/aromatic N) is 1. The molecule has 0 aromatic heterocycles. The first-order valence-electron chi connectivity index (χ1n) is 8.65. The number of hydrogen-bond acceptors (Lipinski definition) is 6. The summed E-state index contributed by atoms with van der Waals surface area (Å²) < 4.78 is 28.5. The second kappa shape index (κ2) is 11.2. The fourth-order valence-corrected chi connectivity index (χ4v) is 2.72. The predicted octanol–water partition coefficient (Wildman–Crippen LogP) is 3.11. The standard InChI is InChI=1S/C20H19BrFNO6/c1-2-27-19(25)11-23(15-6-4-3-5-7-15)18(24)12-29-20(26)13-28-17-9-8-14(22)10-16(17)21/h3-10H,2,11-13H2,1H3. The van der Waals surface area contributed by atoms with Crippen molar-refractivity contribution in [2.24, 2.45) is 0 Å². The van der Waals surface area contributed by atoms with Crippen LogP contribution >= 0.6 is 15.9 Å². The first-order valence-corrected chi connectivity index (χ1v) is 9.44. The van der Waals surface area contributed by atoms with Gasteiger partial charge in [0.15, 0.2) is 13.2 Å². The lowest BCUT2D eigenvalue weighted by Crippen LogP contribution is -2.39. The SMILES string of the molecule is CCOC(=O)CN(C(=O)COC(=O)COc1ccc(F)cc1Br)c1ccccc1. The molecule has 7 nitrogen and oxygen atoms in total. The van der Waals surface area contributed by atoms with Crippen LogP contribution < -0.4 is 9.64 Å². The largest absolute Gasteiger partial charge is 0.481 e. The molecule has 0 aliphatic rings. The summed E-state index contributed by atoms with van der Waals surface area (Å²) in [5.41, 5.74) is 0.466. The molecule has 2 rings (SSSR count). The fourth-order valence-electron chi connectivity index (χ4n) is 2.26. The number of amides is 1. The van der Waals surface area contributed by atoms with E-state index in [1.54, 1.807) is 37.3 Å². The molecule has 0 spiro atoms. The molecule has 29 heavy (non-hydrogen) atoms. The van der Waals surface area contributed by atoms with Gasteiger partial charge in [0.25, 0.3) is 5.91 Å². The molecule has 2 aromatic rings. The highest BCUT2D eigenvalue weighted by Crippen LogP contribution is 2.25. The van der Waals surface area contributed by atoms with Crippen LogP contribution in [-0.4, -0.2) is 44.2 Å². The van der Waals surface area contributed by atoms with Gasteiger partial charge in [-0.25, -0.2) is 9.18 Å². The zero-order valence-electron chi connectivity index (χ0n) is 15.6. The molecule has 0 heterocycles. The second-order valence-electron chi connectivity index (χ2n) is 5.64.